The highest BCUT2D eigenvalue weighted by Gasteiger charge is 2.37. The topological polar surface area (TPSA) is 63.4 Å². The maximum atomic E-state index is 13.1. The molecule has 0 bridgehead atoms. The Morgan fingerprint density at radius 3 is 2.61 bits per heavy atom. The first-order valence-corrected chi connectivity index (χ1v) is 8.54. The highest BCUT2D eigenvalue weighted by molar-refractivity contribution is 7.99. The summed E-state index contributed by atoms with van der Waals surface area (Å²) in [7, 11) is 0. The number of thioether (sulfide) groups is 1. The van der Waals surface area contributed by atoms with E-state index in [4.69, 9.17) is 5.73 Å². The zero-order valence-electron chi connectivity index (χ0n) is 12.9. The SMILES string of the molecule is CCSc1ccccc1C(=O)N1c2ccccc2C[C@H]1C(N)=O. The summed E-state index contributed by atoms with van der Waals surface area (Å²) in [6, 6.07) is 14.5. The smallest absolute Gasteiger partial charge is 0.260 e. The number of nitrogens with zero attached hydrogens (tertiary/aromatic N) is 1. The van der Waals surface area contributed by atoms with E-state index in [1.165, 1.54) is 0 Å². The normalized spacial score (nSPS) is 16.2. The van der Waals surface area contributed by atoms with Gasteiger partial charge in [-0.2, -0.15) is 0 Å². The maximum absolute atomic E-state index is 13.1. The lowest BCUT2D eigenvalue weighted by Crippen LogP contribution is -2.46. The first kappa shape index (κ1) is 15.6. The molecule has 2 N–H and O–H groups in total. The van der Waals surface area contributed by atoms with Gasteiger partial charge in [0.15, 0.2) is 0 Å². The summed E-state index contributed by atoms with van der Waals surface area (Å²) in [6.45, 7) is 2.04. The number of anilines is 1. The number of carbonyl (C=O) groups excluding carboxylic acids is 2. The largest absolute Gasteiger partial charge is 0.368 e. The van der Waals surface area contributed by atoms with Crippen molar-refractivity contribution in [1.82, 2.24) is 0 Å². The minimum absolute atomic E-state index is 0.171. The van der Waals surface area contributed by atoms with E-state index in [1.807, 2.05) is 49.4 Å². The first-order valence-electron chi connectivity index (χ1n) is 7.56. The van der Waals surface area contributed by atoms with Crippen LogP contribution in [-0.2, 0) is 11.2 Å². The molecule has 118 valence electrons. The van der Waals surface area contributed by atoms with Gasteiger partial charge in [0, 0.05) is 17.0 Å². The number of carbonyl (C=O) groups is 2. The minimum Gasteiger partial charge on any atom is -0.368 e. The molecule has 0 radical (unpaired) electrons. The summed E-state index contributed by atoms with van der Waals surface area (Å²) in [6.07, 6.45) is 0.473. The molecule has 23 heavy (non-hydrogen) atoms. The Hall–Kier alpha value is -2.27. The van der Waals surface area contributed by atoms with E-state index in [-0.39, 0.29) is 5.91 Å². The number of nitrogens with two attached hydrogens (primary N) is 1. The molecule has 1 aliphatic rings. The molecule has 0 saturated heterocycles. The molecule has 1 aliphatic heterocycles. The Morgan fingerprint density at radius 1 is 1.17 bits per heavy atom. The van der Waals surface area contributed by atoms with Gasteiger partial charge in [-0.15, -0.1) is 11.8 Å². The molecule has 2 aromatic rings. The average Bonchev–Trinajstić information content (AvgIpc) is 2.95. The second-order valence-corrected chi connectivity index (χ2v) is 6.66. The number of amides is 2. The molecule has 0 saturated carbocycles. The number of fused-ring (bicyclic) bond motifs is 1. The lowest BCUT2D eigenvalue weighted by atomic mass is 10.1. The number of rotatable bonds is 4. The molecule has 2 aromatic carbocycles. The van der Waals surface area contributed by atoms with E-state index in [9.17, 15) is 9.59 Å². The van der Waals surface area contributed by atoms with Gasteiger partial charge in [0.25, 0.3) is 5.91 Å². The summed E-state index contributed by atoms with van der Waals surface area (Å²) in [5.74, 6) is 0.227. The van der Waals surface area contributed by atoms with Crippen LogP contribution in [0, 0.1) is 0 Å². The Labute approximate surface area is 139 Å². The van der Waals surface area contributed by atoms with Crippen LogP contribution >= 0.6 is 11.8 Å². The van der Waals surface area contributed by atoms with E-state index in [2.05, 4.69) is 0 Å². The quantitative estimate of drug-likeness (QED) is 0.879. The number of primary amides is 1. The maximum Gasteiger partial charge on any atom is 0.260 e. The lowest BCUT2D eigenvalue weighted by Gasteiger charge is -2.24. The minimum atomic E-state index is -0.625. The number of hydrogen-bond donors (Lipinski definition) is 1. The predicted molar refractivity (Wildman–Crippen MR) is 92.8 cm³/mol. The van der Waals surface area contributed by atoms with Gasteiger partial charge in [-0.1, -0.05) is 37.3 Å². The van der Waals surface area contributed by atoms with Crippen LogP contribution < -0.4 is 10.6 Å². The second kappa shape index (κ2) is 6.46. The predicted octanol–water partition coefficient (Wildman–Crippen LogP) is 2.86. The van der Waals surface area contributed by atoms with Gasteiger partial charge in [-0.3, -0.25) is 14.5 Å². The van der Waals surface area contributed by atoms with Crippen LogP contribution in [0.4, 0.5) is 5.69 Å². The van der Waals surface area contributed by atoms with Crippen LogP contribution in [0.2, 0.25) is 0 Å². The molecule has 0 fully saturated rings. The van der Waals surface area contributed by atoms with E-state index in [0.29, 0.717) is 12.0 Å². The monoisotopic (exact) mass is 326 g/mol. The first-order chi connectivity index (χ1) is 11.1. The van der Waals surface area contributed by atoms with Crippen molar-refractivity contribution in [2.24, 2.45) is 5.73 Å². The van der Waals surface area contributed by atoms with Gasteiger partial charge in [0.2, 0.25) is 5.91 Å². The van der Waals surface area contributed by atoms with Crippen LogP contribution in [0.3, 0.4) is 0 Å². The van der Waals surface area contributed by atoms with Crippen LogP contribution in [0.15, 0.2) is 53.4 Å². The fraction of sp³-hybridized carbons (Fsp3) is 0.222. The Kier molecular flexibility index (Phi) is 4.39. The number of benzene rings is 2. The van der Waals surface area contributed by atoms with Crippen molar-refractivity contribution < 1.29 is 9.59 Å². The summed E-state index contributed by atoms with van der Waals surface area (Å²) in [5, 5.41) is 0. The summed E-state index contributed by atoms with van der Waals surface area (Å²) in [5.41, 5.74) is 7.91. The van der Waals surface area contributed by atoms with E-state index >= 15 is 0 Å². The van der Waals surface area contributed by atoms with Gasteiger partial charge in [-0.25, -0.2) is 0 Å². The van der Waals surface area contributed by atoms with Crippen LogP contribution in [0.25, 0.3) is 0 Å². The fourth-order valence-corrected chi connectivity index (χ4v) is 3.72. The van der Waals surface area contributed by atoms with E-state index < -0.39 is 11.9 Å². The molecule has 3 rings (SSSR count). The van der Waals surface area contributed by atoms with Crippen molar-refractivity contribution in [3.63, 3.8) is 0 Å². The molecule has 2 amide bonds. The van der Waals surface area contributed by atoms with Gasteiger partial charge >= 0.3 is 0 Å². The molecule has 0 aliphatic carbocycles. The van der Waals surface area contributed by atoms with Crippen molar-refractivity contribution in [3.05, 3.63) is 59.7 Å². The van der Waals surface area contributed by atoms with Crippen molar-refractivity contribution in [1.29, 1.82) is 0 Å². The van der Waals surface area contributed by atoms with Gasteiger partial charge in [0.05, 0.1) is 5.56 Å². The third-order valence-corrected chi connectivity index (χ3v) is 4.90. The fourth-order valence-electron chi connectivity index (χ4n) is 2.92. The third-order valence-electron chi connectivity index (χ3n) is 3.94. The molecule has 0 aromatic heterocycles. The Bertz CT molecular complexity index is 760. The summed E-state index contributed by atoms with van der Waals surface area (Å²) < 4.78 is 0. The van der Waals surface area contributed by atoms with Crippen molar-refractivity contribution in [3.8, 4) is 0 Å². The zero-order chi connectivity index (χ0) is 16.4. The third kappa shape index (κ3) is 2.84. The van der Waals surface area contributed by atoms with E-state index in [1.54, 1.807) is 22.7 Å². The van der Waals surface area contributed by atoms with E-state index in [0.717, 1.165) is 21.9 Å². The van der Waals surface area contributed by atoms with Crippen molar-refractivity contribution >= 4 is 29.3 Å². The van der Waals surface area contributed by atoms with Crippen molar-refractivity contribution in [2.45, 2.75) is 24.3 Å². The molecule has 0 spiro atoms. The molecule has 5 heteroatoms. The molecule has 1 heterocycles. The van der Waals surface area contributed by atoms with Gasteiger partial charge in [-0.05, 0) is 29.5 Å². The van der Waals surface area contributed by atoms with Gasteiger partial charge < -0.3 is 5.73 Å². The zero-order valence-corrected chi connectivity index (χ0v) is 13.7. The molecule has 1 atom stereocenters. The molecule has 4 nitrogen and oxygen atoms in total. The Balaban J connectivity index is 2.05. The lowest BCUT2D eigenvalue weighted by molar-refractivity contribution is -0.119. The molecule has 0 unspecified atom stereocenters. The van der Waals surface area contributed by atoms with Crippen molar-refractivity contribution in [2.75, 3.05) is 10.7 Å². The molecular weight excluding hydrogens is 308 g/mol. The number of para-hydroxylation sites is 1. The standard InChI is InChI=1S/C18H18N2O2S/c1-2-23-16-10-6-4-8-13(16)18(22)20-14-9-5-3-7-12(14)11-15(20)17(19)21/h3-10,15H,2,11H2,1H3,(H2,19,21)/t15-/m0/s1. The number of hydrogen-bond acceptors (Lipinski definition) is 3. The second-order valence-electron chi connectivity index (χ2n) is 5.36. The highest BCUT2D eigenvalue weighted by Crippen LogP contribution is 2.34. The average molecular weight is 326 g/mol. The summed E-state index contributed by atoms with van der Waals surface area (Å²) >= 11 is 1.62. The molecular formula is C18H18N2O2S. The van der Waals surface area contributed by atoms with Gasteiger partial charge in [0.1, 0.15) is 6.04 Å². The van der Waals surface area contributed by atoms with Crippen LogP contribution in [-0.4, -0.2) is 23.6 Å². The Morgan fingerprint density at radius 2 is 1.87 bits per heavy atom. The summed E-state index contributed by atoms with van der Waals surface area (Å²) in [4.78, 5) is 27.4. The highest BCUT2D eigenvalue weighted by atomic mass is 32.2. The van der Waals surface area contributed by atoms with Crippen LogP contribution in [0.1, 0.15) is 22.8 Å². The van der Waals surface area contributed by atoms with Crippen LogP contribution in [0.5, 0.6) is 0 Å².